The fraction of sp³-hybridized carbons (Fsp3) is 0.583. The molecule has 1 aromatic rings. The third-order valence-electron chi connectivity index (χ3n) is 2.40. The number of aromatic nitrogens is 1. The first-order chi connectivity index (χ1) is 8.63. The first kappa shape index (κ1) is 14.5. The van der Waals surface area contributed by atoms with Crippen molar-refractivity contribution in [2.75, 3.05) is 24.6 Å². The van der Waals surface area contributed by atoms with Crippen LogP contribution in [0.15, 0.2) is 0 Å². The van der Waals surface area contributed by atoms with E-state index in [1.165, 1.54) is 11.3 Å². The quantitative estimate of drug-likeness (QED) is 0.740. The van der Waals surface area contributed by atoms with Gasteiger partial charge in [-0.3, -0.25) is 0 Å². The Bertz CT molecular complexity index is 451. The van der Waals surface area contributed by atoms with Crippen LogP contribution in [0.4, 0.5) is 5.13 Å². The van der Waals surface area contributed by atoms with E-state index in [1.807, 2.05) is 18.7 Å². The summed E-state index contributed by atoms with van der Waals surface area (Å²) in [6.45, 7) is 7.35. The maximum absolute atomic E-state index is 11.7. The van der Waals surface area contributed by atoms with E-state index in [4.69, 9.17) is 10.00 Å². The van der Waals surface area contributed by atoms with E-state index < -0.39 is 0 Å². The van der Waals surface area contributed by atoms with Crippen molar-refractivity contribution in [1.82, 2.24) is 4.98 Å². The lowest BCUT2D eigenvalue weighted by Gasteiger charge is -2.17. The predicted molar refractivity (Wildman–Crippen MR) is 70.9 cm³/mol. The summed E-state index contributed by atoms with van der Waals surface area (Å²) in [5.41, 5.74) is 0.382. The Kier molecular flexibility index (Phi) is 5.59. The first-order valence-corrected chi connectivity index (χ1v) is 6.72. The minimum absolute atomic E-state index is 0.344. The highest BCUT2D eigenvalue weighted by atomic mass is 32.1. The molecule has 0 aliphatic heterocycles. The molecule has 0 aromatic carbocycles. The van der Waals surface area contributed by atoms with Gasteiger partial charge in [-0.1, -0.05) is 0 Å². The number of nitriles is 1. The van der Waals surface area contributed by atoms with Gasteiger partial charge in [0.1, 0.15) is 0 Å². The Labute approximate surface area is 111 Å². The summed E-state index contributed by atoms with van der Waals surface area (Å²) >= 11 is 1.46. The summed E-state index contributed by atoms with van der Waals surface area (Å²) in [6.07, 6.45) is 0.446. The minimum Gasteiger partial charge on any atom is -0.461 e. The first-order valence-electron chi connectivity index (χ1n) is 5.90. The van der Waals surface area contributed by atoms with Crippen LogP contribution in [0.1, 0.15) is 35.6 Å². The Balaban J connectivity index is 2.88. The van der Waals surface area contributed by atoms with Gasteiger partial charge in [-0.15, -0.1) is 11.3 Å². The Morgan fingerprint density at radius 3 is 2.83 bits per heavy atom. The molecule has 1 heterocycles. The number of ether oxygens (including phenoxy) is 1. The third kappa shape index (κ3) is 3.44. The highest BCUT2D eigenvalue weighted by Crippen LogP contribution is 2.26. The molecule has 1 rings (SSSR count). The van der Waals surface area contributed by atoms with E-state index in [2.05, 4.69) is 11.1 Å². The van der Waals surface area contributed by atoms with Crippen LogP contribution < -0.4 is 4.90 Å². The molecular weight excluding hydrogens is 250 g/mol. The SMILES string of the molecule is CCOC(=O)c1nc(N(CC)CCC#N)sc1C. The second-order valence-corrected chi connectivity index (χ2v) is 4.79. The molecule has 0 atom stereocenters. The second-order valence-electron chi connectivity index (χ2n) is 3.61. The average Bonchev–Trinajstić information content (AvgIpc) is 2.73. The van der Waals surface area contributed by atoms with Crippen LogP contribution >= 0.6 is 11.3 Å². The monoisotopic (exact) mass is 267 g/mol. The fourth-order valence-corrected chi connectivity index (χ4v) is 2.47. The van der Waals surface area contributed by atoms with Crippen molar-refractivity contribution in [3.8, 4) is 6.07 Å². The number of carbonyl (C=O) groups excluding carboxylic acids is 1. The highest BCUT2D eigenvalue weighted by molar-refractivity contribution is 7.15. The predicted octanol–water partition coefficient (Wildman–Crippen LogP) is 2.37. The van der Waals surface area contributed by atoms with E-state index in [9.17, 15) is 4.79 Å². The molecule has 0 N–H and O–H groups in total. The number of nitrogens with zero attached hydrogens (tertiary/aromatic N) is 3. The van der Waals surface area contributed by atoms with Gasteiger partial charge >= 0.3 is 5.97 Å². The molecule has 0 amide bonds. The van der Waals surface area contributed by atoms with Gasteiger partial charge in [-0.05, 0) is 20.8 Å². The fourth-order valence-electron chi connectivity index (χ4n) is 1.48. The standard InChI is InChI=1S/C12H17N3O2S/c1-4-15(8-6-7-13)12-14-10(9(3)18-12)11(16)17-5-2/h4-6,8H2,1-3H3. The average molecular weight is 267 g/mol. The minimum atomic E-state index is -0.381. The summed E-state index contributed by atoms with van der Waals surface area (Å²) in [5, 5.41) is 9.38. The Morgan fingerprint density at radius 1 is 1.56 bits per heavy atom. The van der Waals surface area contributed by atoms with Crippen molar-refractivity contribution in [1.29, 1.82) is 5.26 Å². The highest BCUT2D eigenvalue weighted by Gasteiger charge is 2.18. The summed E-state index contributed by atoms with van der Waals surface area (Å²) < 4.78 is 4.95. The Hall–Kier alpha value is -1.61. The molecule has 0 unspecified atom stereocenters. The largest absolute Gasteiger partial charge is 0.461 e. The van der Waals surface area contributed by atoms with Crippen LogP contribution in [-0.4, -0.2) is 30.6 Å². The lowest BCUT2D eigenvalue weighted by Crippen LogP contribution is -2.23. The van der Waals surface area contributed by atoms with Crippen LogP contribution in [0, 0.1) is 18.3 Å². The molecule has 98 valence electrons. The van der Waals surface area contributed by atoms with Crippen molar-refractivity contribution in [3.63, 3.8) is 0 Å². The number of rotatable bonds is 6. The van der Waals surface area contributed by atoms with Crippen molar-refractivity contribution in [2.24, 2.45) is 0 Å². The van der Waals surface area contributed by atoms with Crippen molar-refractivity contribution in [3.05, 3.63) is 10.6 Å². The second kappa shape index (κ2) is 6.97. The summed E-state index contributed by atoms with van der Waals surface area (Å²) in [7, 11) is 0. The summed E-state index contributed by atoms with van der Waals surface area (Å²) in [5.74, 6) is -0.381. The molecule has 0 aliphatic rings. The number of carbonyl (C=O) groups is 1. The zero-order valence-corrected chi connectivity index (χ0v) is 11.7. The van der Waals surface area contributed by atoms with Gasteiger partial charge in [0.15, 0.2) is 10.8 Å². The van der Waals surface area contributed by atoms with Crippen molar-refractivity contribution >= 4 is 22.4 Å². The van der Waals surface area contributed by atoms with Crippen LogP contribution in [0.3, 0.4) is 0 Å². The molecule has 0 spiro atoms. The van der Waals surface area contributed by atoms with E-state index in [0.717, 1.165) is 16.6 Å². The number of hydrogen-bond acceptors (Lipinski definition) is 6. The number of anilines is 1. The lowest BCUT2D eigenvalue weighted by atomic mass is 10.4. The van der Waals surface area contributed by atoms with Crippen molar-refractivity contribution < 1.29 is 9.53 Å². The van der Waals surface area contributed by atoms with E-state index in [1.54, 1.807) is 6.92 Å². The smallest absolute Gasteiger partial charge is 0.358 e. The van der Waals surface area contributed by atoms with Crippen LogP contribution in [0.2, 0.25) is 0 Å². The zero-order chi connectivity index (χ0) is 13.5. The molecule has 0 fully saturated rings. The molecular formula is C12H17N3O2S. The van der Waals surface area contributed by atoms with E-state index in [0.29, 0.717) is 25.3 Å². The van der Waals surface area contributed by atoms with Gasteiger partial charge in [-0.25, -0.2) is 9.78 Å². The van der Waals surface area contributed by atoms with E-state index in [-0.39, 0.29) is 5.97 Å². The maximum atomic E-state index is 11.7. The summed E-state index contributed by atoms with van der Waals surface area (Å²) in [6, 6.07) is 2.11. The zero-order valence-electron chi connectivity index (χ0n) is 10.9. The molecule has 0 aliphatic carbocycles. The number of aryl methyl sites for hydroxylation is 1. The van der Waals surface area contributed by atoms with Gasteiger partial charge in [0, 0.05) is 18.0 Å². The summed E-state index contributed by atoms with van der Waals surface area (Å²) in [4.78, 5) is 18.8. The van der Waals surface area contributed by atoms with Crippen LogP contribution in [-0.2, 0) is 4.74 Å². The molecule has 0 saturated heterocycles. The van der Waals surface area contributed by atoms with Crippen LogP contribution in [0.5, 0.6) is 0 Å². The Morgan fingerprint density at radius 2 is 2.28 bits per heavy atom. The maximum Gasteiger partial charge on any atom is 0.358 e. The van der Waals surface area contributed by atoms with Crippen molar-refractivity contribution in [2.45, 2.75) is 27.2 Å². The van der Waals surface area contributed by atoms with Gasteiger partial charge < -0.3 is 9.64 Å². The number of thiazole rings is 1. The van der Waals surface area contributed by atoms with Gasteiger partial charge in [0.05, 0.1) is 19.1 Å². The van der Waals surface area contributed by atoms with Gasteiger partial charge in [0.25, 0.3) is 0 Å². The topological polar surface area (TPSA) is 66.2 Å². The van der Waals surface area contributed by atoms with Gasteiger partial charge in [-0.2, -0.15) is 5.26 Å². The normalized spacial score (nSPS) is 9.89. The molecule has 1 aromatic heterocycles. The lowest BCUT2D eigenvalue weighted by molar-refractivity contribution is 0.0519. The molecule has 18 heavy (non-hydrogen) atoms. The van der Waals surface area contributed by atoms with Gasteiger partial charge in [0.2, 0.25) is 0 Å². The number of hydrogen-bond donors (Lipinski definition) is 0. The van der Waals surface area contributed by atoms with E-state index >= 15 is 0 Å². The third-order valence-corrected chi connectivity index (χ3v) is 3.43. The molecule has 6 heteroatoms. The molecule has 0 radical (unpaired) electrons. The molecule has 0 saturated carbocycles. The molecule has 5 nitrogen and oxygen atoms in total. The van der Waals surface area contributed by atoms with Crippen LogP contribution in [0.25, 0.3) is 0 Å². The number of esters is 1. The molecule has 0 bridgehead atoms.